The monoisotopic (exact) mass is 321 g/mol. The molecule has 0 saturated carbocycles. The largest absolute Gasteiger partial charge is 0.493 e. The first-order chi connectivity index (χ1) is 11.3. The minimum absolute atomic E-state index is 0.123. The molecule has 0 radical (unpaired) electrons. The molecule has 4 rings (SSSR count). The summed E-state index contributed by atoms with van der Waals surface area (Å²) in [5.74, 6) is 0.123. The molecular formula is C18H15N3OS. The van der Waals surface area contributed by atoms with Gasteiger partial charge in [0.15, 0.2) is 5.65 Å². The molecule has 3 heterocycles. The molecule has 1 aromatic carbocycles. The lowest BCUT2D eigenvalue weighted by Crippen LogP contribution is -1.95. The quantitative estimate of drug-likeness (QED) is 0.609. The number of benzene rings is 1. The lowest BCUT2D eigenvalue weighted by atomic mass is 10.1. The fraction of sp³-hybridized carbons (Fsp3) is 0.111. The first-order valence-corrected chi connectivity index (χ1v) is 8.35. The summed E-state index contributed by atoms with van der Waals surface area (Å²) in [5.41, 5.74) is 4.88. The van der Waals surface area contributed by atoms with Gasteiger partial charge >= 0.3 is 0 Å². The van der Waals surface area contributed by atoms with E-state index >= 15 is 0 Å². The molecule has 0 aliphatic rings. The van der Waals surface area contributed by atoms with Crippen LogP contribution in [0, 0.1) is 0 Å². The highest BCUT2D eigenvalue weighted by Crippen LogP contribution is 2.35. The number of aromatic hydroxyl groups is 1. The van der Waals surface area contributed by atoms with E-state index in [-0.39, 0.29) is 5.88 Å². The van der Waals surface area contributed by atoms with Gasteiger partial charge in [0.2, 0.25) is 5.88 Å². The zero-order valence-electron chi connectivity index (χ0n) is 12.6. The molecule has 0 atom stereocenters. The van der Waals surface area contributed by atoms with Crippen LogP contribution in [0.3, 0.4) is 0 Å². The Kier molecular flexibility index (Phi) is 3.35. The number of aryl methyl sites for hydroxylation is 1. The zero-order valence-corrected chi connectivity index (χ0v) is 13.4. The second kappa shape index (κ2) is 5.52. The van der Waals surface area contributed by atoms with Crippen LogP contribution in [0.2, 0.25) is 0 Å². The zero-order chi connectivity index (χ0) is 15.8. The molecule has 3 aromatic heterocycles. The van der Waals surface area contributed by atoms with Gasteiger partial charge in [-0.25, -0.2) is 4.98 Å². The van der Waals surface area contributed by atoms with Crippen molar-refractivity contribution in [2.45, 2.75) is 13.3 Å². The van der Waals surface area contributed by atoms with E-state index < -0.39 is 0 Å². The fourth-order valence-electron chi connectivity index (χ4n) is 2.61. The van der Waals surface area contributed by atoms with Crippen molar-refractivity contribution in [3.8, 4) is 27.4 Å². The number of hydrogen-bond acceptors (Lipinski definition) is 4. The van der Waals surface area contributed by atoms with Gasteiger partial charge in [-0.05, 0) is 29.0 Å². The molecule has 0 saturated heterocycles. The van der Waals surface area contributed by atoms with Gasteiger partial charge in [0.1, 0.15) is 0 Å². The molecule has 5 heteroatoms. The highest BCUT2D eigenvalue weighted by Gasteiger charge is 2.14. The summed E-state index contributed by atoms with van der Waals surface area (Å²) in [4.78, 5) is 5.72. The van der Waals surface area contributed by atoms with E-state index in [0.717, 1.165) is 22.6 Å². The highest BCUT2D eigenvalue weighted by molar-refractivity contribution is 7.14. The second-order valence-electron chi connectivity index (χ2n) is 5.32. The summed E-state index contributed by atoms with van der Waals surface area (Å²) in [7, 11) is 0. The Bertz CT molecular complexity index is 973. The Morgan fingerprint density at radius 1 is 1.13 bits per heavy atom. The van der Waals surface area contributed by atoms with E-state index in [1.165, 1.54) is 15.6 Å². The van der Waals surface area contributed by atoms with Crippen LogP contribution in [0.15, 0.2) is 54.0 Å². The maximum atomic E-state index is 10.1. The van der Waals surface area contributed by atoms with Crippen LogP contribution in [-0.2, 0) is 6.42 Å². The highest BCUT2D eigenvalue weighted by atomic mass is 32.1. The molecule has 1 N–H and O–H groups in total. The lowest BCUT2D eigenvalue weighted by molar-refractivity contribution is 0.434. The maximum Gasteiger partial charge on any atom is 0.215 e. The van der Waals surface area contributed by atoms with Gasteiger partial charge in [-0.1, -0.05) is 37.3 Å². The maximum absolute atomic E-state index is 10.1. The van der Waals surface area contributed by atoms with E-state index in [1.54, 1.807) is 23.6 Å². The lowest BCUT2D eigenvalue weighted by Gasteiger charge is -2.02. The Hall–Kier alpha value is -2.66. The number of rotatable bonds is 3. The summed E-state index contributed by atoms with van der Waals surface area (Å²) in [6, 6.07) is 14.1. The second-order valence-corrected chi connectivity index (χ2v) is 6.23. The van der Waals surface area contributed by atoms with Gasteiger partial charge in [-0.15, -0.1) is 11.3 Å². The van der Waals surface area contributed by atoms with E-state index in [4.69, 9.17) is 0 Å². The predicted molar refractivity (Wildman–Crippen MR) is 92.8 cm³/mol. The van der Waals surface area contributed by atoms with Gasteiger partial charge in [0.05, 0.1) is 11.8 Å². The normalized spacial score (nSPS) is 11.2. The van der Waals surface area contributed by atoms with Crippen molar-refractivity contribution in [2.24, 2.45) is 0 Å². The number of fused-ring (bicyclic) bond motifs is 1. The third kappa shape index (κ3) is 2.39. The molecule has 4 nitrogen and oxygen atoms in total. The molecule has 0 aliphatic carbocycles. The summed E-state index contributed by atoms with van der Waals surface area (Å²) >= 11 is 1.66. The van der Waals surface area contributed by atoms with Crippen molar-refractivity contribution in [1.82, 2.24) is 14.6 Å². The fourth-order valence-corrected chi connectivity index (χ4v) is 3.53. The molecule has 114 valence electrons. The number of hydrogen-bond donors (Lipinski definition) is 1. The molecule has 0 aliphatic heterocycles. The Balaban J connectivity index is 1.84. The Morgan fingerprint density at radius 3 is 2.74 bits per heavy atom. The first kappa shape index (κ1) is 14.0. The third-order valence-corrected chi connectivity index (χ3v) is 4.80. The summed E-state index contributed by atoms with van der Waals surface area (Å²) < 4.78 is 1.48. The summed E-state index contributed by atoms with van der Waals surface area (Å²) in [6.07, 6.45) is 2.54. The van der Waals surface area contributed by atoms with Crippen molar-refractivity contribution in [1.29, 1.82) is 0 Å². The third-order valence-electron chi connectivity index (χ3n) is 3.84. The van der Waals surface area contributed by atoms with Gasteiger partial charge in [-0.2, -0.15) is 9.61 Å². The average molecular weight is 321 g/mol. The Morgan fingerprint density at radius 2 is 1.96 bits per heavy atom. The minimum atomic E-state index is 0.123. The first-order valence-electron chi connectivity index (χ1n) is 7.47. The van der Waals surface area contributed by atoms with E-state index in [9.17, 15) is 5.11 Å². The summed E-state index contributed by atoms with van der Waals surface area (Å²) in [5, 5.41) is 16.5. The van der Waals surface area contributed by atoms with Crippen LogP contribution in [0.1, 0.15) is 12.6 Å². The van der Waals surface area contributed by atoms with Crippen molar-refractivity contribution in [3.05, 3.63) is 59.7 Å². The molecular weight excluding hydrogens is 306 g/mol. The minimum Gasteiger partial charge on any atom is -0.493 e. The van der Waals surface area contributed by atoms with E-state index in [0.29, 0.717) is 5.65 Å². The van der Waals surface area contributed by atoms with Crippen molar-refractivity contribution >= 4 is 17.0 Å². The molecule has 0 unspecified atom stereocenters. The van der Waals surface area contributed by atoms with Crippen LogP contribution in [-0.4, -0.2) is 19.7 Å². The average Bonchev–Trinajstić information content (AvgIpc) is 3.22. The van der Waals surface area contributed by atoms with Crippen molar-refractivity contribution in [3.63, 3.8) is 0 Å². The number of nitrogens with zero attached hydrogens (tertiary/aromatic N) is 3. The van der Waals surface area contributed by atoms with Gasteiger partial charge in [0.25, 0.3) is 0 Å². The van der Waals surface area contributed by atoms with Gasteiger partial charge < -0.3 is 5.11 Å². The van der Waals surface area contributed by atoms with Crippen molar-refractivity contribution in [2.75, 3.05) is 0 Å². The molecule has 0 spiro atoms. The standard InChI is InChI=1S/C18H15N3OS/c1-2-14-9-17(22)21-18(20-14)15(10-19-21)16-8-13(11-23-16)12-6-4-3-5-7-12/h3-11,22H,2H2,1H3. The Labute approximate surface area is 137 Å². The smallest absolute Gasteiger partial charge is 0.215 e. The topological polar surface area (TPSA) is 50.4 Å². The van der Waals surface area contributed by atoms with Crippen LogP contribution >= 0.6 is 11.3 Å². The van der Waals surface area contributed by atoms with Crippen LogP contribution in [0.25, 0.3) is 27.2 Å². The number of aromatic nitrogens is 3. The molecule has 23 heavy (non-hydrogen) atoms. The molecule has 0 fully saturated rings. The SMILES string of the molecule is CCc1cc(O)n2ncc(-c3cc(-c4ccccc4)cs3)c2n1. The van der Waals surface area contributed by atoms with Crippen LogP contribution in [0.4, 0.5) is 0 Å². The van der Waals surface area contributed by atoms with E-state index in [2.05, 4.69) is 33.7 Å². The molecule has 4 aromatic rings. The van der Waals surface area contributed by atoms with Crippen LogP contribution < -0.4 is 0 Å². The van der Waals surface area contributed by atoms with Crippen LogP contribution in [0.5, 0.6) is 5.88 Å². The van der Waals surface area contributed by atoms with Gasteiger partial charge in [-0.3, -0.25) is 0 Å². The predicted octanol–water partition coefficient (Wildman–Crippen LogP) is 4.39. The molecule has 0 amide bonds. The van der Waals surface area contributed by atoms with Gasteiger partial charge in [0, 0.05) is 16.6 Å². The van der Waals surface area contributed by atoms with Crippen molar-refractivity contribution < 1.29 is 5.11 Å². The summed E-state index contributed by atoms with van der Waals surface area (Å²) in [6.45, 7) is 2.02. The molecule has 0 bridgehead atoms. The van der Waals surface area contributed by atoms with E-state index in [1.807, 2.05) is 25.1 Å². The number of thiophene rings is 1.